The summed E-state index contributed by atoms with van der Waals surface area (Å²) in [4.78, 5) is 32.5. The van der Waals surface area contributed by atoms with Crippen molar-refractivity contribution >= 4 is 33.9 Å². The van der Waals surface area contributed by atoms with Gasteiger partial charge in [0, 0.05) is 36.1 Å². The predicted octanol–water partition coefficient (Wildman–Crippen LogP) is 4.56. The fourth-order valence-electron chi connectivity index (χ4n) is 7.92. The molecule has 10 nitrogen and oxygen atoms in total. The number of hydrogen-bond donors (Lipinski definition) is 3. The molecule has 2 saturated heterocycles. The highest BCUT2D eigenvalue weighted by atomic mass is 16.5. The Morgan fingerprint density at radius 1 is 1.05 bits per heavy atom. The van der Waals surface area contributed by atoms with E-state index in [2.05, 4.69) is 50.1 Å². The van der Waals surface area contributed by atoms with Gasteiger partial charge in [-0.2, -0.15) is 0 Å². The number of para-hydroxylation sites is 1. The van der Waals surface area contributed by atoms with Gasteiger partial charge in [0.2, 0.25) is 0 Å². The molecule has 2 aromatic heterocycles. The second-order valence-corrected chi connectivity index (χ2v) is 12.9. The van der Waals surface area contributed by atoms with Gasteiger partial charge in [-0.05, 0) is 87.2 Å². The predicted molar refractivity (Wildman–Crippen MR) is 163 cm³/mol. The number of ether oxygens (including phenoxy) is 1. The summed E-state index contributed by atoms with van der Waals surface area (Å²) in [6.45, 7) is 4.32. The zero-order valence-electron chi connectivity index (χ0n) is 24.5. The van der Waals surface area contributed by atoms with Crippen LogP contribution in [-0.2, 0) is 13.1 Å². The molecule has 2 saturated carbocycles. The molecule has 2 amide bonds. The molecule has 43 heavy (non-hydrogen) atoms. The Morgan fingerprint density at radius 3 is 2.65 bits per heavy atom. The lowest BCUT2D eigenvalue weighted by atomic mass is 10.1. The van der Waals surface area contributed by atoms with E-state index in [1.807, 2.05) is 17.0 Å². The van der Waals surface area contributed by atoms with Gasteiger partial charge in [-0.1, -0.05) is 18.2 Å². The number of imidazole rings is 1. The molecule has 2 aliphatic carbocycles. The van der Waals surface area contributed by atoms with E-state index in [9.17, 15) is 14.7 Å². The standard InChI is InChI=1S/C33H38N6O4/c1-43-28-14-23(32(40)38-18-22-8-9-26(38)29(22)36-33(41)42)12-24-30(28)39(17-20-10-11-34-15-20)31(35-24)27-13-21-4-2-3-5-25(21)37(27)16-19-6-7-19/h2-5,12-14,19-20,22,26,29,34,36H,6-11,15-18H2,1H3,(H,41,42)/t20?,22-,26-,29-/m1/s1. The minimum Gasteiger partial charge on any atom is -0.494 e. The normalized spacial score (nSPS) is 24.8. The highest BCUT2D eigenvalue weighted by Crippen LogP contribution is 2.41. The van der Waals surface area contributed by atoms with Gasteiger partial charge < -0.3 is 34.5 Å². The number of aromatic nitrogens is 3. The smallest absolute Gasteiger partial charge is 0.404 e. The molecule has 2 aromatic carbocycles. The van der Waals surface area contributed by atoms with E-state index in [0.717, 1.165) is 68.0 Å². The zero-order valence-corrected chi connectivity index (χ0v) is 24.5. The molecular formula is C33H38N6O4. The van der Waals surface area contributed by atoms with Crippen LogP contribution in [0.5, 0.6) is 5.75 Å². The molecule has 0 radical (unpaired) electrons. The fraction of sp³-hybridized carbons (Fsp3) is 0.485. The molecule has 4 heterocycles. The molecule has 8 rings (SSSR count). The van der Waals surface area contributed by atoms with E-state index >= 15 is 0 Å². The minimum atomic E-state index is -1.03. The van der Waals surface area contributed by atoms with Gasteiger partial charge in [0.15, 0.2) is 5.82 Å². The summed E-state index contributed by atoms with van der Waals surface area (Å²) in [5.74, 6) is 2.77. The van der Waals surface area contributed by atoms with Crippen molar-refractivity contribution in [3.63, 3.8) is 0 Å². The average molecular weight is 583 g/mol. The van der Waals surface area contributed by atoms with Crippen LogP contribution in [0.3, 0.4) is 0 Å². The second-order valence-electron chi connectivity index (χ2n) is 12.9. The number of nitrogens with zero attached hydrogens (tertiary/aromatic N) is 4. The van der Waals surface area contributed by atoms with E-state index in [-0.39, 0.29) is 23.9 Å². The first-order valence-electron chi connectivity index (χ1n) is 15.7. The van der Waals surface area contributed by atoms with Crippen LogP contribution in [0.15, 0.2) is 42.5 Å². The number of piperidine rings is 1. The quantitative estimate of drug-likeness (QED) is 0.281. The summed E-state index contributed by atoms with van der Waals surface area (Å²) in [6, 6.07) is 14.2. The summed E-state index contributed by atoms with van der Waals surface area (Å²) in [6.07, 6.45) is 4.33. The lowest BCUT2D eigenvalue weighted by Gasteiger charge is -2.27. The van der Waals surface area contributed by atoms with Crippen molar-refractivity contribution < 1.29 is 19.4 Å². The van der Waals surface area contributed by atoms with Crippen LogP contribution in [-0.4, -0.2) is 75.0 Å². The monoisotopic (exact) mass is 582 g/mol. The Bertz CT molecular complexity index is 1730. The number of fused-ring (bicyclic) bond motifs is 4. The third-order valence-electron chi connectivity index (χ3n) is 10.2. The number of carbonyl (C=O) groups is 2. The van der Waals surface area contributed by atoms with Crippen LogP contribution in [0.25, 0.3) is 33.5 Å². The molecular weight excluding hydrogens is 544 g/mol. The fourth-order valence-corrected chi connectivity index (χ4v) is 7.92. The molecule has 4 fully saturated rings. The average Bonchev–Trinajstić information content (AvgIpc) is 3.40. The lowest BCUT2D eigenvalue weighted by Crippen LogP contribution is -2.45. The Balaban J connectivity index is 1.24. The first-order valence-corrected chi connectivity index (χ1v) is 15.7. The van der Waals surface area contributed by atoms with Crippen molar-refractivity contribution in [2.75, 3.05) is 26.7 Å². The van der Waals surface area contributed by atoms with E-state index in [4.69, 9.17) is 9.72 Å². The van der Waals surface area contributed by atoms with Gasteiger partial charge in [-0.3, -0.25) is 4.79 Å². The number of rotatable bonds is 8. The number of hydrogen-bond acceptors (Lipinski definition) is 5. The van der Waals surface area contributed by atoms with Crippen molar-refractivity contribution in [2.45, 2.75) is 57.3 Å². The third kappa shape index (κ3) is 4.54. The van der Waals surface area contributed by atoms with E-state index in [0.29, 0.717) is 29.7 Å². The van der Waals surface area contributed by atoms with Gasteiger partial charge in [0.05, 0.1) is 30.4 Å². The number of methoxy groups -OCH3 is 1. The summed E-state index contributed by atoms with van der Waals surface area (Å²) in [5.41, 5.74) is 4.52. The largest absolute Gasteiger partial charge is 0.494 e. The lowest BCUT2D eigenvalue weighted by molar-refractivity contribution is 0.0697. The SMILES string of the molecule is COc1cc(C(=O)N2C[C@H]3CC[C@@H]2[C@@H]3NC(=O)O)cc2nc(-c3cc4ccccc4n3CC3CC3)n(CC3CCNC3)c12. The van der Waals surface area contributed by atoms with Crippen molar-refractivity contribution in [1.82, 2.24) is 29.7 Å². The maximum absolute atomic E-state index is 14.0. The number of amides is 2. The van der Waals surface area contributed by atoms with Crippen molar-refractivity contribution in [1.29, 1.82) is 0 Å². The van der Waals surface area contributed by atoms with Gasteiger partial charge in [-0.25, -0.2) is 9.78 Å². The zero-order chi connectivity index (χ0) is 29.2. The maximum atomic E-state index is 14.0. The molecule has 4 aliphatic rings. The third-order valence-corrected chi connectivity index (χ3v) is 10.2. The molecule has 0 spiro atoms. The maximum Gasteiger partial charge on any atom is 0.404 e. The van der Waals surface area contributed by atoms with E-state index in [1.165, 1.54) is 23.7 Å². The Kier molecular flexibility index (Phi) is 6.36. The molecule has 224 valence electrons. The number of likely N-dealkylation sites (tertiary alicyclic amines) is 1. The van der Waals surface area contributed by atoms with Crippen LogP contribution in [0.2, 0.25) is 0 Å². The topological polar surface area (TPSA) is 114 Å². The molecule has 3 N–H and O–H groups in total. The first kappa shape index (κ1) is 26.6. The Labute approximate surface area is 250 Å². The number of nitrogens with one attached hydrogen (secondary N) is 2. The summed E-state index contributed by atoms with van der Waals surface area (Å²) < 4.78 is 10.7. The van der Waals surface area contributed by atoms with Crippen molar-refractivity contribution in [3.05, 3.63) is 48.0 Å². The van der Waals surface area contributed by atoms with Crippen molar-refractivity contribution in [3.8, 4) is 17.3 Å². The van der Waals surface area contributed by atoms with Crippen LogP contribution in [0.4, 0.5) is 4.79 Å². The molecule has 2 bridgehead atoms. The first-order chi connectivity index (χ1) is 21.0. The van der Waals surface area contributed by atoms with Crippen LogP contribution >= 0.6 is 0 Å². The Hall–Kier alpha value is -4.05. The van der Waals surface area contributed by atoms with Gasteiger partial charge >= 0.3 is 6.09 Å². The summed E-state index contributed by atoms with van der Waals surface area (Å²) in [7, 11) is 1.66. The van der Waals surface area contributed by atoms with Gasteiger partial charge in [-0.15, -0.1) is 0 Å². The molecule has 4 atom stereocenters. The highest BCUT2D eigenvalue weighted by Gasteiger charge is 2.49. The molecule has 2 aliphatic heterocycles. The molecule has 10 heteroatoms. The summed E-state index contributed by atoms with van der Waals surface area (Å²) >= 11 is 0. The molecule has 1 unspecified atom stereocenters. The van der Waals surface area contributed by atoms with Crippen LogP contribution in [0.1, 0.15) is 42.5 Å². The van der Waals surface area contributed by atoms with E-state index < -0.39 is 6.09 Å². The van der Waals surface area contributed by atoms with Crippen molar-refractivity contribution in [2.24, 2.45) is 17.8 Å². The highest BCUT2D eigenvalue weighted by molar-refractivity contribution is 6.00. The number of carbonyl (C=O) groups excluding carboxylic acids is 1. The summed E-state index contributed by atoms with van der Waals surface area (Å²) in [5, 5.41) is 16.7. The number of benzene rings is 2. The van der Waals surface area contributed by atoms with E-state index in [1.54, 1.807) is 7.11 Å². The Morgan fingerprint density at radius 2 is 1.88 bits per heavy atom. The minimum absolute atomic E-state index is 0.0940. The second kappa shape index (κ2) is 10.3. The number of carboxylic acid groups (broad SMARTS) is 1. The van der Waals surface area contributed by atoms with Crippen LogP contribution in [0, 0.1) is 17.8 Å². The van der Waals surface area contributed by atoms with Gasteiger partial charge in [0.25, 0.3) is 5.91 Å². The molecule has 4 aromatic rings. The van der Waals surface area contributed by atoms with Crippen LogP contribution < -0.4 is 15.4 Å². The van der Waals surface area contributed by atoms with Gasteiger partial charge in [0.1, 0.15) is 11.3 Å².